The molecule has 0 aromatic heterocycles. The second-order valence-corrected chi connectivity index (χ2v) is 4.86. The quantitative estimate of drug-likeness (QED) is 0.515. The Morgan fingerprint density at radius 1 is 0.833 bits per heavy atom. The normalized spacial score (nSPS) is 13.1. The number of amides is 2. The lowest BCUT2D eigenvalue weighted by atomic mass is 10.1. The van der Waals surface area contributed by atoms with Crippen LogP contribution in [0.15, 0.2) is 36.4 Å². The molecule has 1 aliphatic rings. The monoisotopic (exact) mass is 329 g/mol. The van der Waals surface area contributed by atoms with Crippen molar-refractivity contribution in [3.8, 4) is 5.75 Å². The molecule has 2 amide bonds. The van der Waals surface area contributed by atoms with Gasteiger partial charge < -0.3 is 5.11 Å². The van der Waals surface area contributed by atoms with E-state index in [1.165, 1.54) is 0 Å². The Bertz CT molecular complexity index is 938. The van der Waals surface area contributed by atoms with E-state index in [0.717, 1.165) is 36.4 Å². The molecule has 3 rings (SSSR count). The number of nitrogens with zero attached hydrogens (tertiary/aromatic N) is 3. The van der Waals surface area contributed by atoms with Crippen LogP contribution in [-0.2, 0) is 0 Å². The molecule has 2 aromatic carbocycles. The van der Waals surface area contributed by atoms with E-state index in [1.807, 2.05) is 0 Å². The van der Waals surface area contributed by atoms with Crippen LogP contribution >= 0.6 is 0 Å². The van der Waals surface area contributed by atoms with Crippen LogP contribution in [-0.4, -0.2) is 26.8 Å². The zero-order valence-electron chi connectivity index (χ0n) is 11.7. The van der Waals surface area contributed by atoms with E-state index in [1.54, 1.807) is 0 Å². The number of rotatable bonds is 3. The van der Waals surface area contributed by atoms with E-state index in [0.29, 0.717) is 4.90 Å². The number of non-ortho nitro benzene ring substituents is 2. The first-order valence-corrected chi connectivity index (χ1v) is 6.46. The molecule has 0 aliphatic carbocycles. The fourth-order valence-corrected chi connectivity index (χ4v) is 2.37. The summed E-state index contributed by atoms with van der Waals surface area (Å²) >= 11 is 0. The van der Waals surface area contributed by atoms with E-state index in [-0.39, 0.29) is 22.5 Å². The third-order valence-electron chi connectivity index (χ3n) is 3.49. The van der Waals surface area contributed by atoms with Gasteiger partial charge in [-0.3, -0.25) is 29.8 Å². The Kier molecular flexibility index (Phi) is 3.22. The first kappa shape index (κ1) is 15.1. The average Bonchev–Trinajstić information content (AvgIpc) is 2.79. The van der Waals surface area contributed by atoms with Gasteiger partial charge in [0, 0.05) is 24.3 Å². The van der Waals surface area contributed by atoms with Crippen molar-refractivity contribution in [3.05, 3.63) is 67.8 Å². The Morgan fingerprint density at radius 2 is 1.38 bits per heavy atom. The van der Waals surface area contributed by atoms with Gasteiger partial charge in [0.15, 0.2) is 0 Å². The minimum Gasteiger partial charge on any atom is -0.506 e. The molecular formula is C14H7N3O7. The highest BCUT2D eigenvalue weighted by molar-refractivity contribution is 6.35. The summed E-state index contributed by atoms with van der Waals surface area (Å²) in [5, 5.41) is 31.5. The minimum atomic E-state index is -0.908. The molecule has 10 nitrogen and oxygen atoms in total. The molecule has 24 heavy (non-hydrogen) atoms. The van der Waals surface area contributed by atoms with Gasteiger partial charge in [-0.1, -0.05) is 0 Å². The third-order valence-corrected chi connectivity index (χ3v) is 3.49. The van der Waals surface area contributed by atoms with Crippen LogP contribution < -0.4 is 4.90 Å². The maximum absolute atomic E-state index is 12.4. The van der Waals surface area contributed by atoms with E-state index < -0.39 is 33.1 Å². The summed E-state index contributed by atoms with van der Waals surface area (Å²) in [6.07, 6.45) is 0. The number of carbonyl (C=O) groups excluding carboxylic acids is 2. The Labute approximate surface area is 132 Å². The number of imide groups is 1. The average molecular weight is 329 g/mol. The van der Waals surface area contributed by atoms with Crippen LogP contribution in [0, 0.1) is 20.2 Å². The largest absolute Gasteiger partial charge is 0.506 e. The fraction of sp³-hybridized carbons (Fsp3) is 0. The molecule has 0 saturated carbocycles. The number of fused-ring (bicyclic) bond motifs is 1. The van der Waals surface area contributed by atoms with Gasteiger partial charge in [-0.25, -0.2) is 4.90 Å². The van der Waals surface area contributed by atoms with Crippen molar-refractivity contribution in [1.82, 2.24) is 0 Å². The van der Waals surface area contributed by atoms with Crippen LogP contribution in [0.25, 0.3) is 0 Å². The van der Waals surface area contributed by atoms with Crippen LogP contribution in [0.5, 0.6) is 5.75 Å². The molecule has 2 aromatic rings. The molecule has 1 N–H and O–H groups in total. The third kappa shape index (κ3) is 2.13. The lowest BCUT2D eigenvalue weighted by Crippen LogP contribution is -2.29. The van der Waals surface area contributed by atoms with Gasteiger partial charge in [-0.15, -0.1) is 0 Å². The van der Waals surface area contributed by atoms with Gasteiger partial charge in [0.1, 0.15) is 11.4 Å². The highest BCUT2D eigenvalue weighted by atomic mass is 16.6. The van der Waals surface area contributed by atoms with Crippen molar-refractivity contribution < 1.29 is 24.5 Å². The van der Waals surface area contributed by atoms with E-state index in [9.17, 15) is 34.9 Å². The number of nitro groups is 2. The lowest BCUT2D eigenvalue weighted by Gasteiger charge is -2.14. The second kappa shape index (κ2) is 5.12. The first-order valence-electron chi connectivity index (χ1n) is 6.46. The molecule has 0 spiro atoms. The summed E-state index contributed by atoms with van der Waals surface area (Å²) in [6, 6.07) is 6.03. The zero-order valence-corrected chi connectivity index (χ0v) is 11.7. The number of benzene rings is 2. The maximum Gasteiger partial charge on any atom is 0.271 e. The second-order valence-electron chi connectivity index (χ2n) is 4.86. The van der Waals surface area contributed by atoms with Crippen LogP contribution in [0.4, 0.5) is 17.1 Å². The zero-order chi connectivity index (χ0) is 17.6. The highest BCUT2D eigenvalue weighted by Crippen LogP contribution is 2.37. The van der Waals surface area contributed by atoms with Gasteiger partial charge in [0.2, 0.25) is 0 Å². The molecule has 0 radical (unpaired) electrons. The van der Waals surface area contributed by atoms with Crippen molar-refractivity contribution in [3.63, 3.8) is 0 Å². The number of phenolic OH excluding ortho intramolecular Hbond substituents is 1. The van der Waals surface area contributed by atoms with Gasteiger partial charge in [0.25, 0.3) is 23.2 Å². The fourth-order valence-electron chi connectivity index (χ4n) is 2.37. The number of aromatic hydroxyl groups is 1. The highest BCUT2D eigenvalue weighted by Gasteiger charge is 2.39. The Hall–Kier alpha value is -3.82. The van der Waals surface area contributed by atoms with Crippen molar-refractivity contribution in [1.29, 1.82) is 0 Å². The van der Waals surface area contributed by atoms with E-state index in [2.05, 4.69) is 0 Å². The maximum atomic E-state index is 12.4. The Morgan fingerprint density at radius 3 is 2.00 bits per heavy atom. The van der Waals surface area contributed by atoms with Gasteiger partial charge in [0.05, 0.1) is 21.0 Å². The van der Waals surface area contributed by atoms with Crippen molar-refractivity contribution >= 4 is 28.9 Å². The number of hydrogen-bond donors (Lipinski definition) is 1. The number of carbonyl (C=O) groups is 2. The summed E-state index contributed by atoms with van der Waals surface area (Å²) in [5.74, 6) is -2.25. The lowest BCUT2D eigenvalue weighted by molar-refractivity contribution is -0.385. The molecular weight excluding hydrogens is 322 g/mol. The summed E-state index contributed by atoms with van der Waals surface area (Å²) in [7, 11) is 0. The van der Waals surface area contributed by atoms with E-state index in [4.69, 9.17) is 0 Å². The smallest absolute Gasteiger partial charge is 0.271 e. The van der Waals surface area contributed by atoms with Crippen LogP contribution in [0.2, 0.25) is 0 Å². The number of anilines is 1. The van der Waals surface area contributed by atoms with E-state index >= 15 is 0 Å². The summed E-state index contributed by atoms with van der Waals surface area (Å²) in [5.41, 5.74) is -1.46. The summed E-state index contributed by atoms with van der Waals surface area (Å²) in [6.45, 7) is 0. The summed E-state index contributed by atoms with van der Waals surface area (Å²) < 4.78 is 0. The molecule has 10 heteroatoms. The molecule has 0 atom stereocenters. The van der Waals surface area contributed by atoms with Crippen molar-refractivity contribution in [2.45, 2.75) is 0 Å². The van der Waals surface area contributed by atoms with Crippen molar-refractivity contribution in [2.24, 2.45) is 0 Å². The number of hydrogen-bond acceptors (Lipinski definition) is 7. The standard InChI is InChI=1S/C14H7N3O7/c18-12-4-2-8(17(23)24)6-11(12)15-13(19)9-3-1-7(16(21)22)5-10(9)14(15)20/h1-6,18H. The molecule has 0 unspecified atom stereocenters. The Balaban J connectivity index is 2.13. The summed E-state index contributed by atoms with van der Waals surface area (Å²) in [4.78, 5) is 45.5. The van der Waals surface area contributed by atoms with Crippen LogP contribution in [0.3, 0.4) is 0 Å². The number of nitro benzene ring substituents is 2. The predicted octanol–water partition coefficient (Wildman–Crippen LogP) is 2.01. The SMILES string of the molecule is O=C1c2ccc([N+](=O)[O-])cc2C(=O)N1c1cc([N+](=O)[O-])ccc1O. The minimum absolute atomic E-state index is 0.0866. The first-order chi connectivity index (χ1) is 11.3. The molecule has 1 aliphatic heterocycles. The van der Waals surface area contributed by atoms with Gasteiger partial charge in [-0.05, 0) is 12.1 Å². The van der Waals surface area contributed by atoms with Crippen molar-refractivity contribution in [2.75, 3.05) is 4.90 Å². The van der Waals surface area contributed by atoms with Crippen LogP contribution in [0.1, 0.15) is 20.7 Å². The molecule has 0 bridgehead atoms. The predicted molar refractivity (Wildman–Crippen MR) is 79.0 cm³/mol. The molecule has 120 valence electrons. The topological polar surface area (TPSA) is 144 Å². The molecule has 0 saturated heterocycles. The number of phenols is 1. The molecule has 0 fully saturated rings. The molecule has 1 heterocycles. The van der Waals surface area contributed by atoms with Gasteiger partial charge in [-0.2, -0.15) is 0 Å². The van der Waals surface area contributed by atoms with Gasteiger partial charge >= 0.3 is 0 Å².